The maximum atomic E-state index is 4.41. The third kappa shape index (κ3) is 1.76. The molecule has 0 aliphatic heterocycles. The lowest BCUT2D eigenvalue weighted by Crippen LogP contribution is -2.06. The number of imidazole rings is 1. The van der Waals surface area contributed by atoms with Crippen molar-refractivity contribution in [3.8, 4) is 11.4 Å². The lowest BCUT2D eigenvalue weighted by Gasteiger charge is -2.08. The van der Waals surface area contributed by atoms with Crippen LogP contribution >= 0.6 is 0 Å². The van der Waals surface area contributed by atoms with Crippen molar-refractivity contribution in [2.75, 3.05) is 0 Å². The summed E-state index contributed by atoms with van der Waals surface area (Å²) in [5, 5.41) is 0. The molecule has 0 N–H and O–H groups in total. The first-order valence-corrected chi connectivity index (χ1v) is 5.58. The summed E-state index contributed by atoms with van der Waals surface area (Å²) in [6, 6.07) is 12.4. The first-order chi connectivity index (χ1) is 8.34. The van der Waals surface area contributed by atoms with Gasteiger partial charge in [0.05, 0.1) is 0 Å². The smallest absolute Gasteiger partial charge is 0.159 e. The van der Waals surface area contributed by atoms with Crippen LogP contribution < -0.4 is 0 Å². The number of benzene rings is 1. The Kier molecular flexibility index (Phi) is 2.29. The van der Waals surface area contributed by atoms with Crippen LogP contribution in [0.3, 0.4) is 0 Å². The van der Waals surface area contributed by atoms with Gasteiger partial charge in [0.1, 0.15) is 0 Å². The molecule has 0 saturated heterocycles. The minimum Gasteiger partial charge on any atom is -0.263 e. The van der Waals surface area contributed by atoms with Crippen molar-refractivity contribution in [2.45, 2.75) is 6.92 Å². The van der Waals surface area contributed by atoms with Crippen LogP contribution in [-0.2, 0) is 0 Å². The van der Waals surface area contributed by atoms with Gasteiger partial charge < -0.3 is 0 Å². The monoisotopic (exact) mass is 223 g/mol. The second-order valence-electron chi connectivity index (χ2n) is 4.02. The molecule has 0 aliphatic rings. The van der Waals surface area contributed by atoms with Gasteiger partial charge in [-0.15, -0.1) is 0 Å². The molecule has 0 radical (unpaired) electrons. The molecule has 2 heterocycles. The van der Waals surface area contributed by atoms with E-state index in [0.29, 0.717) is 0 Å². The Labute approximate surface area is 99.9 Å². The predicted octanol–water partition coefficient (Wildman–Crippen LogP) is 2.97. The van der Waals surface area contributed by atoms with E-state index in [1.54, 1.807) is 0 Å². The summed E-state index contributed by atoms with van der Waals surface area (Å²) >= 11 is 0. The molecule has 1 aromatic carbocycles. The van der Waals surface area contributed by atoms with E-state index in [1.165, 1.54) is 5.56 Å². The molecule has 0 unspecified atom stereocenters. The van der Waals surface area contributed by atoms with Gasteiger partial charge in [0, 0.05) is 30.4 Å². The average Bonchev–Trinajstić information content (AvgIpc) is 3.00. The van der Waals surface area contributed by atoms with Gasteiger partial charge in [-0.3, -0.25) is 4.68 Å². The molecule has 0 bridgehead atoms. The molecule has 0 fully saturated rings. The fourth-order valence-electron chi connectivity index (χ4n) is 1.86. The van der Waals surface area contributed by atoms with Gasteiger partial charge in [-0.25, -0.2) is 9.66 Å². The second kappa shape index (κ2) is 3.94. The molecular formula is C14H13N3. The molecule has 0 amide bonds. The van der Waals surface area contributed by atoms with Crippen LogP contribution in [0.1, 0.15) is 5.56 Å². The minimum absolute atomic E-state index is 0.946. The van der Waals surface area contributed by atoms with Gasteiger partial charge in [-0.2, -0.15) is 0 Å². The highest BCUT2D eigenvalue weighted by Gasteiger charge is 2.05. The summed E-state index contributed by atoms with van der Waals surface area (Å²) in [5.74, 6) is 0.946. The Balaban J connectivity index is 2.10. The number of rotatable bonds is 2. The maximum absolute atomic E-state index is 4.41. The first-order valence-electron chi connectivity index (χ1n) is 5.58. The summed E-state index contributed by atoms with van der Waals surface area (Å²) in [4.78, 5) is 4.41. The van der Waals surface area contributed by atoms with Crippen LogP contribution in [0.15, 0.2) is 61.2 Å². The fraction of sp³-hybridized carbons (Fsp3) is 0.0714. The number of aromatic nitrogens is 3. The number of hydrogen-bond acceptors (Lipinski definition) is 1. The first kappa shape index (κ1) is 9.90. The summed E-state index contributed by atoms with van der Waals surface area (Å²) in [6.45, 7) is 2.09. The normalized spacial score (nSPS) is 10.6. The van der Waals surface area contributed by atoms with E-state index >= 15 is 0 Å². The molecule has 84 valence electrons. The van der Waals surface area contributed by atoms with Crippen molar-refractivity contribution in [2.24, 2.45) is 0 Å². The lowest BCUT2D eigenvalue weighted by atomic mass is 10.1. The Morgan fingerprint density at radius 2 is 1.65 bits per heavy atom. The fourth-order valence-corrected chi connectivity index (χ4v) is 1.86. The van der Waals surface area contributed by atoms with Gasteiger partial charge >= 0.3 is 0 Å². The number of hydrogen-bond donors (Lipinski definition) is 0. The molecule has 3 aromatic rings. The van der Waals surface area contributed by atoms with Gasteiger partial charge in [-0.1, -0.05) is 29.8 Å². The van der Waals surface area contributed by atoms with E-state index in [9.17, 15) is 0 Å². The number of aryl methyl sites for hydroxylation is 1. The van der Waals surface area contributed by atoms with Crippen LogP contribution in [0.25, 0.3) is 11.4 Å². The minimum atomic E-state index is 0.946. The Bertz CT molecular complexity index is 603. The van der Waals surface area contributed by atoms with Gasteiger partial charge in [-0.05, 0) is 19.1 Å². The highest BCUT2D eigenvalue weighted by Crippen LogP contribution is 2.18. The van der Waals surface area contributed by atoms with E-state index in [4.69, 9.17) is 0 Å². The molecule has 0 atom stereocenters. The van der Waals surface area contributed by atoms with E-state index in [1.807, 2.05) is 46.3 Å². The quantitative estimate of drug-likeness (QED) is 0.655. The predicted molar refractivity (Wildman–Crippen MR) is 67.6 cm³/mol. The van der Waals surface area contributed by atoms with Crippen molar-refractivity contribution in [3.05, 3.63) is 66.7 Å². The van der Waals surface area contributed by atoms with Crippen LogP contribution in [0, 0.1) is 6.92 Å². The van der Waals surface area contributed by atoms with Gasteiger partial charge in [0.2, 0.25) is 0 Å². The molecule has 0 saturated carbocycles. The SMILES string of the molecule is Cc1ccc(-c2nccn2-n2cccc2)cc1. The van der Waals surface area contributed by atoms with Gasteiger partial charge in [0.15, 0.2) is 5.82 Å². The molecule has 0 aliphatic carbocycles. The third-order valence-electron chi connectivity index (χ3n) is 2.77. The molecule has 2 aromatic heterocycles. The van der Waals surface area contributed by atoms with Gasteiger partial charge in [0.25, 0.3) is 0 Å². The summed E-state index contributed by atoms with van der Waals surface area (Å²) in [7, 11) is 0. The Morgan fingerprint density at radius 1 is 0.941 bits per heavy atom. The zero-order valence-electron chi connectivity index (χ0n) is 9.62. The lowest BCUT2D eigenvalue weighted by molar-refractivity contribution is 0.671. The highest BCUT2D eigenvalue weighted by molar-refractivity contribution is 5.55. The summed E-state index contributed by atoms with van der Waals surface area (Å²) < 4.78 is 4.02. The molecule has 3 heteroatoms. The van der Waals surface area contributed by atoms with Crippen molar-refractivity contribution in [1.29, 1.82) is 0 Å². The van der Waals surface area contributed by atoms with Crippen LogP contribution in [0.4, 0.5) is 0 Å². The van der Waals surface area contributed by atoms with Crippen molar-refractivity contribution >= 4 is 0 Å². The molecule has 0 spiro atoms. The van der Waals surface area contributed by atoms with Crippen LogP contribution in [0.5, 0.6) is 0 Å². The second-order valence-corrected chi connectivity index (χ2v) is 4.02. The van der Waals surface area contributed by atoms with Crippen molar-refractivity contribution in [1.82, 2.24) is 14.3 Å². The maximum Gasteiger partial charge on any atom is 0.159 e. The van der Waals surface area contributed by atoms with E-state index in [2.05, 4.69) is 36.2 Å². The topological polar surface area (TPSA) is 22.8 Å². The van der Waals surface area contributed by atoms with E-state index in [0.717, 1.165) is 11.4 Å². The number of nitrogens with zero attached hydrogens (tertiary/aromatic N) is 3. The molecular weight excluding hydrogens is 210 g/mol. The van der Waals surface area contributed by atoms with Crippen LogP contribution in [-0.4, -0.2) is 14.3 Å². The molecule has 3 nitrogen and oxygen atoms in total. The van der Waals surface area contributed by atoms with E-state index in [-0.39, 0.29) is 0 Å². The average molecular weight is 223 g/mol. The Hall–Kier alpha value is -2.29. The summed E-state index contributed by atoms with van der Waals surface area (Å²) in [5.41, 5.74) is 2.38. The summed E-state index contributed by atoms with van der Waals surface area (Å²) in [6.07, 6.45) is 7.77. The molecule has 17 heavy (non-hydrogen) atoms. The highest BCUT2D eigenvalue weighted by atomic mass is 15.5. The van der Waals surface area contributed by atoms with Crippen molar-refractivity contribution in [3.63, 3.8) is 0 Å². The zero-order chi connectivity index (χ0) is 11.7. The standard InChI is InChI=1S/C14H13N3/c1-12-4-6-13(7-5-12)14-15-8-11-17(14)16-9-2-3-10-16/h2-11H,1H3. The van der Waals surface area contributed by atoms with E-state index < -0.39 is 0 Å². The van der Waals surface area contributed by atoms with Crippen LogP contribution in [0.2, 0.25) is 0 Å². The largest absolute Gasteiger partial charge is 0.263 e. The Morgan fingerprint density at radius 3 is 2.35 bits per heavy atom. The third-order valence-corrected chi connectivity index (χ3v) is 2.77. The zero-order valence-corrected chi connectivity index (χ0v) is 9.62. The van der Waals surface area contributed by atoms with Crippen molar-refractivity contribution < 1.29 is 0 Å². The molecule has 3 rings (SSSR count).